The maximum Gasteiger partial charge on any atom is 0.0541 e. The second-order valence-electron chi connectivity index (χ2n) is 21.4. The average Bonchev–Trinajstić information content (AvgIpc) is 4.04. The van der Waals surface area contributed by atoms with Gasteiger partial charge in [0, 0.05) is 61.4 Å². The van der Waals surface area contributed by atoms with E-state index in [1.165, 1.54) is 77.4 Å². The fraction of sp³-hybridized carbons (Fsp3) is 0.0833. The summed E-state index contributed by atoms with van der Waals surface area (Å²) in [6.07, 6.45) is 0. The van der Waals surface area contributed by atoms with Gasteiger partial charge in [0.2, 0.25) is 0 Å². The highest BCUT2D eigenvalue weighted by Crippen LogP contribution is 2.53. The molecule has 0 saturated carbocycles. The second kappa shape index (κ2) is 17.2. The highest BCUT2D eigenvalue weighted by Gasteiger charge is 2.37. The molecule has 0 aliphatic heterocycles. The van der Waals surface area contributed by atoms with Crippen LogP contribution in [0.3, 0.4) is 0 Å². The first-order valence-electron chi connectivity index (χ1n) is 26.2. The molecule has 14 rings (SSSR count). The summed E-state index contributed by atoms with van der Waals surface area (Å²) in [5.41, 5.74) is 25.1. The van der Waals surface area contributed by atoms with Crippen LogP contribution >= 0.6 is 0 Å². The Hall–Kier alpha value is -9.18. The molecule has 0 saturated heterocycles. The topological polar surface area (TPSA) is 11.4 Å². The quantitative estimate of drug-likeness (QED) is 0.143. The molecule has 0 unspecified atom stereocenters. The third-order valence-electron chi connectivity index (χ3n) is 16.3. The molecule has 2 aliphatic rings. The van der Waals surface area contributed by atoms with Gasteiger partial charge in [-0.05, 0) is 164 Å². The third-order valence-corrected chi connectivity index (χ3v) is 16.3. The van der Waals surface area contributed by atoms with Gasteiger partial charge in [0.05, 0.1) is 11.0 Å². The van der Waals surface area contributed by atoms with Gasteiger partial charge in [-0.2, -0.15) is 0 Å². The molecule has 11 aromatic carbocycles. The number of aromatic nitrogens is 1. The number of hydrogen-bond donors (Lipinski definition) is 0. The molecule has 3 nitrogen and oxygen atoms in total. The van der Waals surface area contributed by atoms with Crippen LogP contribution in [0, 0.1) is 0 Å². The fourth-order valence-corrected chi connectivity index (χ4v) is 12.6. The Morgan fingerprint density at radius 1 is 0.267 bits per heavy atom. The lowest BCUT2D eigenvalue weighted by molar-refractivity contribution is 0.660. The van der Waals surface area contributed by atoms with Gasteiger partial charge >= 0.3 is 0 Å². The van der Waals surface area contributed by atoms with Gasteiger partial charge < -0.3 is 14.4 Å². The largest absolute Gasteiger partial charge is 0.310 e. The molecule has 2 aliphatic carbocycles. The van der Waals surface area contributed by atoms with Crippen LogP contribution in [0.4, 0.5) is 34.1 Å². The molecule has 3 heteroatoms. The number of benzene rings is 11. The molecule has 0 bridgehead atoms. The summed E-state index contributed by atoms with van der Waals surface area (Å²) in [7, 11) is 0. The molecular formula is C72H55N3. The van der Waals surface area contributed by atoms with E-state index in [-0.39, 0.29) is 10.8 Å². The van der Waals surface area contributed by atoms with Gasteiger partial charge in [-0.25, -0.2) is 0 Å². The number of rotatable bonds is 9. The molecule has 1 heterocycles. The molecule has 0 fully saturated rings. The van der Waals surface area contributed by atoms with Crippen molar-refractivity contribution >= 4 is 55.9 Å². The number of fused-ring (bicyclic) bond motifs is 9. The first-order chi connectivity index (χ1) is 36.7. The number of nitrogens with zero attached hydrogens (tertiary/aromatic N) is 3. The molecule has 358 valence electrons. The maximum atomic E-state index is 2.45. The Morgan fingerprint density at radius 3 is 1.24 bits per heavy atom. The standard InChI is InChI=1S/C72H55N3/c1-71(2)65-29-17-14-26-59(65)61-39-37-55(46-67(61)71)73(52-20-8-5-9-21-52)57-42-51(43-58(45-57)74(53-22-10-6-11-23-53)56-38-40-62-60-27-15-18-30-66(60)72(3,4)68(62)47-56)49-34-32-48(33-35-49)50-36-41-70-64(44-50)63-28-16-19-31-69(63)75(70)54-24-12-7-13-25-54/h5-47H,1-4H3. The molecule has 0 spiro atoms. The van der Waals surface area contributed by atoms with Crippen LogP contribution in [0.15, 0.2) is 261 Å². The summed E-state index contributed by atoms with van der Waals surface area (Å²) in [5.74, 6) is 0. The molecule has 1 aromatic heterocycles. The van der Waals surface area contributed by atoms with E-state index >= 15 is 0 Å². The SMILES string of the molecule is CC1(C)c2ccccc2-c2ccc(N(c3ccccc3)c3cc(-c4ccc(-c5ccc6c(c5)c5ccccc5n6-c5ccccc5)cc4)cc(N(c4ccccc4)c4ccc5c(c4)C(C)(C)c4ccccc4-5)c3)cc21. The number of hydrogen-bond acceptors (Lipinski definition) is 2. The van der Waals surface area contributed by atoms with E-state index in [1.54, 1.807) is 0 Å². The van der Waals surface area contributed by atoms with Crippen molar-refractivity contribution in [3.8, 4) is 50.2 Å². The number of anilines is 6. The van der Waals surface area contributed by atoms with Crippen molar-refractivity contribution in [2.75, 3.05) is 9.80 Å². The Balaban J connectivity index is 0.948. The van der Waals surface area contributed by atoms with Crippen LogP contribution < -0.4 is 9.80 Å². The minimum Gasteiger partial charge on any atom is -0.310 e. The Labute approximate surface area is 439 Å². The normalized spacial score (nSPS) is 13.5. The maximum absolute atomic E-state index is 2.45. The summed E-state index contributed by atoms with van der Waals surface area (Å²) in [6.45, 7) is 9.47. The summed E-state index contributed by atoms with van der Waals surface area (Å²) in [5, 5.41) is 2.49. The summed E-state index contributed by atoms with van der Waals surface area (Å²) in [6, 6.07) is 96.5. The fourth-order valence-electron chi connectivity index (χ4n) is 12.6. The summed E-state index contributed by atoms with van der Waals surface area (Å²) in [4.78, 5) is 4.90. The predicted molar refractivity (Wildman–Crippen MR) is 316 cm³/mol. The van der Waals surface area contributed by atoms with E-state index < -0.39 is 0 Å². The minimum absolute atomic E-state index is 0.159. The Bertz CT molecular complexity index is 4000. The zero-order valence-electron chi connectivity index (χ0n) is 42.7. The summed E-state index contributed by atoms with van der Waals surface area (Å²) >= 11 is 0. The number of para-hydroxylation sites is 4. The van der Waals surface area contributed by atoms with Crippen molar-refractivity contribution in [2.45, 2.75) is 38.5 Å². The van der Waals surface area contributed by atoms with Gasteiger partial charge in [0.1, 0.15) is 0 Å². The lowest BCUT2D eigenvalue weighted by Gasteiger charge is -2.32. The van der Waals surface area contributed by atoms with Crippen molar-refractivity contribution in [1.82, 2.24) is 4.57 Å². The van der Waals surface area contributed by atoms with E-state index in [0.717, 1.165) is 50.9 Å². The van der Waals surface area contributed by atoms with Gasteiger partial charge in [-0.1, -0.05) is 191 Å². The lowest BCUT2D eigenvalue weighted by Crippen LogP contribution is -2.17. The third kappa shape index (κ3) is 7.17. The van der Waals surface area contributed by atoms with E-state index in [2.05, 4.69) is 303 Å². The van der Waals surface area contributed by atoms with Crippen molar-refractivity contribution in [3.05, 3.63) is 283 Å². The second-order valence-corrected chi connectivity index (χ2v) is 21.4. The van der Waals surface area contributed by atoms with Crippen LogP contribution in [0.1, 0.15) is 49.9 Å². The molecule has 0 radical (unpaired) electrons. The lowest BCUT2D eigenvalue weighted by atomic mass is 9.82. The molecule has 75 heavy (non-hydrogen) atoms. The van der Waals surface area contributed by atoms with E-state index in [4.69, 9.17) is 0 Å². The van der Waals surface area contributed by atoms with Gasteiger partial charge in [0.15, 0.2) is 0 Å². The Kier molecular flexibility index (Phi) is 10.2. The first kappa shape index (κ1) is 44.5. The van der Waals surface area contributed by atoms with Crippen LogP contribution in [0.25, 0.3) is 72.0 Å². The molecule has 0 N–H and O–H groups in total. The van der Waals surface area contributed by atoms with Crippen LogP contribution in [0.2, 0.25) is 0 Å². The van der Waals surface area contributed by atoms with Crippen LogP contribution in [-0.2, 0) is 10.8 Å². The smallest absolute Gasteiger partial charge is 0.0541 e. The van der Waals surface area contributed by atoms with Gasteiger partial charge in [-0.3, -0.25) is 0 Å². The van der Waals surface area contributed by atoms with E-state index in [0.29, 0.717) is 0 Å². The first-order valence-corrected chi connectivity index (χ1v) is 26.2. The van der Waals surface area contributed by atoms with Crippen molar-refractivity contribution in [1.29, 1.82) is 0 Å². The zero-order chi connectivity index (χ0) is 50.4. The predicted octanol–water partition coefficient (Wildman–Crippen LogP) is 19.7. The van der Waals surface area contributed by atoms with Crippen molar-refractivity contribution < 1.29 is 0 Å². The van der Waals surface area contributed by atoms with Crippen molar-refractivity contribution in [2.24, 2.45) is 0 Å². The van der Waals surface area contributed by atoms with Gasteiger partial charge in [0.25, 0.3) is 0 Å². The highest BCUT2D eigenvalue weighted by atomic mass is 15.2. The molecule has 0 atom stereocenters. The van der Waals surface area contributed by atoms with Crippen LogP contribution in [0.5, 0.6) is 0 Å². The van der Waals surface area contributed by atoms with Crippen molar-refractivity contribution in [3.63, 3.8) is 0 Å². The molecule has 0 amide bonds. The Morgan fingerprint density at radius 2 is 0.693 bits per heavy atom. The van der Waals surface area contributed by atoms with E-state index in [9.17, 15) is 0 Å². The monoisotopic (exact) mass is 961 g/mol. The zero-order valence-corrected chi connectivity index (χ0v) is 42.7. The summed E-state index contributed by atoms with van der Waals surface area (Å²) < 4.78 is 2.38. The van der Waals surface area contributed by atoms with Crippen LogP contribution in [-0.4, -0.2) is 4.57 Å². The molecular weight excluding hydrogens is 907 g/mol. The van der Waals surface area contributed by atoms with E-state index in [1.807, 2.05) is 0 Å². The van der Waals surface area contributed by atoms with Gasteiger partial charge in [-0.15, -0.1) is 0 Å². The minimum atomic E-state index is -0.159. The average molecular weight is 962 g/mol. The highest BCUT2D eigenvalue weighted by molar-refractivity contribution is 6.10. The molecule has 12 aromatic rings.